The second kappa shape index (κ2) is 9.22. The molecule has 2 fully saturated rings. The van der Waals surface area contributed by atoms with Crippen molar-refractivity contribution < 1.29 is 14.1 Å². The first-order chi connectivity index (χ1) is 17.5. The third kappa shape index (κ3) is 4.25. The average molecular weight is 487 g/mol. The summed E-state index contributed by atoms with van der Waals surface area (Å²) in [5.74, 6) is 1.71. The Balaban J connectivity index is 1.28. The number of nitrogens with zero attached hydrogens (tertiary/aromatic N) is 3. The number of hydrogen-bond donors (Lipinski definition) is 3. The van der Waals surface area contributed by atoms with Gasteiger partial charge in [0.2, 0.25) is 11.7 Å². The lowest BCUT2D eigenvalue weighted by molar-refractivity contribution is 0.240. The number of fused-ring (bicyclic) bond motifs is 1. The Labute approximate surface area is 209 Å². The van der Waals surface area contributed by atoms with Crippen LogP contribution in [0.3, 0.4) is 0 Å². The standard InChI is InChI=1S/C27H30N6O3/c1-16-29-24(32-36-16)15-35-21-12-13-23-22(14-21)25(28)26(33(23)20-6-3-7-20)17-8-10-19(11-9-17)31-27(34)30-18-4-2-5-18/h8-14,18,20H,2-7,15,28H2,1H3,(H2,30,31,34). The lowest BCUT2D eigenvalue weighted by Gasteiger charge is -2.30. The van der Waals surface area contributed by atoms with Crippen molar-refractivity contribution >= 4 is 28.3 Å². The van der Waals surface area contributed by atoms with Crippen LogP contribution in [0.25, 0.3) is 22.2 Å². The Morgan fingerprint density at radius 3 is 2.56 bits per heavy atom. The van der Waals surface area contributed by atoms with E-state index in [1.165, 1.54) is 12.8 Å². The van der Waals surface area contributed by atoms with E-state index >= 15 is 0 Å². The van der Waals surface area contributed by atoms with Crippen LogP contribution in [0.15, 0.2) is 47.0 Å². The van der Waals surface area contributed by atoms with Crippen molar-refractivity contribution in [2.45, 2.75) is 64.1 Å². The number of nitrogens with two attached hydrogens (primary N) is 1. The molecule has 0 spiro atoms. The smallest absolute Gasteiger partial charge is 0.319 e. The molecule has 9 nitrogen and oxygen atoms in total. The Bertz CT molecular complexity index is 1400. The fourth-order valence-electron chi connectivity index (χ4n) is 4.89. The van der Waals surface area contributed by atoms with Gasteiger partial charge in [-0.3, -0.25) is 0 Å². The van der Waals surface area contributed by atoms with Gasteiger partial charge in [0, 0.05) is 35.6 Å². The maximum absolute atomic E-state index is 12.2. The van der Waals surface area contributed by atoms with E-state index < -0.39 is 0 Å². The van der Waals surface area contributed by atoms with Crippen LogP contribution in [-0.4, -0.2) is 26.8 Å². The zero-order valence-corrected chi connectivity index (χ0v) is 20.3. The first-order valence-electron chi connectivity index (χ1n) is 12.6. The minimum Gasteiger partial charge on any atom is -0.485 e. The summed E-state index contributed by atoms with van der Waals surface area (Å²) in [6, 6.07) is 14.5. The average Bonchev–Trinajstić information content (AvgIpc) is 3.35. The summed E-state index contributed by atoms with van der Waals surface area (Å²) < 4.78 is 13.3. The molecule has 9 heteroatoms. The number of benzene rings is 2. The fraction of sp³-hybridized carbons (Fsp3) is 0.370. The number of urea groups is 1. The molecule has 4 N–H and O–H groups in total. The lowest BCUT2D eigenvalue weighted by Crippen LogP contribution is -2.41. The highest BCUT2D eigenvalue weighted by atomic mass is 16.5. The van der Waals surface area contributed by atoms with Crippen molar-refractivity contribution in [3.8, 4) is 17.0 Å². The van der Waals surface area contributed by atoms with Crippen LogP contribution in [0, 0.1) is 6.92 Å². The van der Waals surface area contributed by atoms with E-state index in [2.05, 4.69) is 31.4 Å². The van der Waals surface area contributed by atoms with Gasteiger partial charge >= 0.3 is 6.03 Å². The SMILES string of the molecule is Cc1nc(COc2ccc3c(c2)c(N)c(-c2ccc(NC(=O)NC4CCC4)cc2)n3C2CCC2)no1. The number of nitrogens with one attached hydrogen (secondary N) is 2. The maximum atomic E-state index is 12.2. The highest BCUT2D eigenvalue weighted by molar-refractivity contribution is 6.02. The van der Waals surface area contributed by atoms with Crippen molar-refractivity contribution in [1.29, 1.82) is 0 Å². The zero-order chi connectivity index (χ0) is 24.6. The van der Waals surface area contributed by atoms with Crippen molar-refractivity contribution in [2.75, 3.05) is 11.1 Å². The number of ether oxygens (including phenoxy) is 1. The molecule has 0 aliphatic heterocycles. The molecule has 0 radical (unpaired) electrons. The van der Waals surface area contributed by atoms with E-state index in [4.69, 9.17) is 15.0 Å². The van der Waals surface area contributed by atoms with Gasteiger partial charge in [0.05, 0.1) is 16.9 Å². The summed E-state index contributed by atoms with van der Waals surface area (Å²) in [5, 5.41) is 10.8. The van der Waals surface area contributed by atoms with E-state index in [0.717, 1.165) is 59.2 Å². The molecule has 2 heterocycles. The van der Waals surface area contributed by atoms with Gasteiger partial charge < -0.3 is 30.2 Å². The second-order valence-corrected chi connectivity index (χ2v) is 9.72. The number of anilines is 2. The monoisotopic (exact) mass is 486 g/mol. The summed E-state index contributed by atoms with van der Waals surface area (Å²) in [7, 11) is 0. The number of carbonyl (C=O) groups excluding carboxylic acids is 1. The van der Waals surface area contributed by atoms with Crippen LogP contribution in [0.4, 0.5) is 16.2 Å². The predicted octanol–water partition coefficient (Wildman–Crippen LogP) is 5.56. The molecule has 2 aliphatic rings. The Morgan fingerprint density at radius 2 is 1.92 bits per heavy atom. The molecule has 2 amide bonds. The Morgan fingerprint density at radius 1 is 1.14 bits per heavy atom. The van der Waals surface area contributed by atoms with Crippen LogP contribution >= 0.6 is 0 Å². The maximum Gasteiger partial charge on any atom is 0.319 e. The van der Waals surface area contributed by atoms with Gasteiger partial charge in [-0.1, -0.05) is 17.3 Å². The van der Waals surface area contributed by atoms with E-state index in [-0.39, 0.29) is 12.6 Å². The number of nitrogen functional groups attached to an aromatic ring is 1. The van der Waals surface area contributed by atoms with Crippen molar-refractivity contribution in [2.24, 2.45) is 0 Å². The first-order valence-corrected chi connectivity index (χ1v) is 12.6. The fourth-order valence-corrected chi connectivity index (χ4v) is 4.89. The van der Waals surface area contributed by atoms with Gasteiger partial charge in [-0.25, -0.2) is 4.79 Å². The molecular formula is C27H30N6O3. The summed E-state index contributed by atoms with van der Waals surface area (Å²) >= 11 is 0. The minimum absolute atomic E-state index is 0.154. The molecular weight excluding hydrogens is 456 g/mol. The van der Waals surface area contributed by atoms with Crippen molar-refractivity contribution in [3.63, 3.8) is 0 Å². The molecule has 0 bridgehead atoms. The summed E-state index contributed by atoms with van der Waals surface area (Å²) in [4.78, 5) is 16.4. The van der Waals surface area contributed by atoms with Crippen LogP contribution in [0.5, 0.6) is 5.75 Å². The van der Waals surface area contributed by atoms with Gasteiger partial charge in [0.25, 0.3) is 0 Å². The topological polar surface area (TPSA) is 120 Å². The molecule has 2 aromatic carbocycles. The van der Waals surface area contributed by atoms with Gasteiger partial charge in [-0.05, 0) is 68.9 Å². The number of rotatable bonds is 7. The molecule has 0 saturated heterocycles. The van der Waals surface area contributed by atoms with Crippen LogP contribution in [-0.2, 0) is 6.61 Å². The van der Waals surface area contributed by atoms with E-state index in [0.29, 0.717) is 29.5 Å². The third-order valence-electron chi connectivity index (χ3n) is 7.25. The number of aromatic nitrogens is 3. The Kier molecular flexibility index (Phi) is 5.75. The summed E-state index contributed by atoms with van der Waals surface area (Å²) in [6.07, 6.45) is 6.77. The molecule has 186 valence electrons. The highest BCUT2D eigenvalue weighted by Crippen LogP contribution is 2.45. The van der Waals surface area contributed by atoms with E-state index in [9.17, 15) is 4.79 Å². The third-order valence-corrected chi connectivity index (χ3v) is 7.25. The lowest BCUT2D eigenvalue weighted by atomic mass is 9.92. The largest absolute Gasteiger partial charge is 0.485 e. The molecule has 0 unspecified atom stereocenters. The van der Waals surface area contributed by atoms with E-state index in [1.54, 1.807) is 6.92 Å². The number of aryl methyl sites for hydroxylation is 1. The molecule has 2 aromatic heterocycles. The number of carbonyl (C=O) groups is 1. The first kappa shape index (κ1) is 22.5. The summed E-state index contributed by atoms with van der Waals surface area (Å²) in [5.41, 5.74) is 11.4. The molecule has 36 heavy (non-hydrogen) atoms. The quantitative estimate of drug-likeness (QED) is 0.315. The summed E-state index contributed by atoms with van der Waals surface area (Å²) in [6.45, 7) is 1.97. The molecule has 2 saturated carbocycles. The van der Waals surface area contributed by atoms with Crippen molar-refractivity contribution in [3.05, 3.63) is 54.2 Å². The second-order valence-electron chi connectivity index (χ2n) is 9.72. The normalized spacial score (nSPS) is 15.9. The van der Waals surface area contributed by atoms with Gasteiger partial charge in [-0.2, -0.15) is 4.98 Å². The number of amides is 2. The Hall–Kier alpha value is -4.01. The van der Waals surface area contributed by atoms with Crippen LogP contribution in [0.1, 0.15) is 56.3 Å². The molecule has 0 atom stereocenters. The van der Waals surface area contributed by atoms with Crippen LogP contribution < -0.4 is 21.1 Å². The van der Waals surface area contributed by atoms with Crippen LogP contribution in [0.2, 0.25) is 0 Å². The number of hydrogen-bond acceptors (Lipinski definition) is 6. The van der Waals surface area contributed by atoms with Crippen molar-refractivity contribution in [1.82, 2.24) is 20.0 Å². The zero-order valence-electron chi connectivity index (χ0n) is 20.3. The molecule has 6 rings (SSSR count). The van der Waals surface area contributed by atoms with Gasteiger partial charge in [0.1, 0.15) is 5.75 Å². The van der Waals surface area contributed by atoms with E-state index in [1.807, 2.05) is 36.4 Å². The molecule has 4 aromatic rings. The predicted molar refractivity (Wildman–Crippen MR) is 138 cm³/mol. The molecule has 2 aliphatic carbocycles. The highest BCUT2D eigenvalue weighted by Gasteiger charge is 2.27. The minimum atomic E-state index is -0.154. The van der Waals surface area contributed by atoms with Gasteiger partial charge in [0.15, 0.2) is 6.61 Å². The van der Waals surface area contributed by atoms with Gasteiger partial charge in [-0.15, -0.1) is 0 Å².